The van der Waals surface area contributed by atoms with Crippen LogP contribution in [0.4, 0.5) is 0 Å². The van der Waals surface area contributed by atoms with Crippen molar-refractivity contribution >= 4 is 37.9 Å². The van der Waals surface area contributed by atoms with Gasteiger partial charge in [-0.3, -0.25) is 9.97 Å². The van der Waals surface area contributed by atoms with Crippen LogP contribution in [0.1, 0.15) is 18.9 Å². The Kier molecular flexibility index (Phi) is 7.40. The van der Waals surface area contributed by atoms with Crippen LogP contribution in [0.5, 0.6) is 0 Å². The number of hydrogen-bond donors (Lipinski definition) is 0. The topological polar surface area (TPSA) is 25.8 Å². The van der Waals surface area contributed by atoms with Crippen molar-refractivity contribution in [2.45, 2.75) is 13.3 Å². The second kappa shape index (κ2) is 11.9. The molecule has 0 aliphatic heterocycles. The third-order valence-corrected chi connectivity index (χ3v) is 8.34. The maximum atomic E-state index is 4.48. The van der Waals surface area contributed by atoms with Gasteiger partial charge in [0, 0.05) is 30.4 Å². The Morgan fingerprint density at radius 3 is 1.84 bits per heavy atom. The lowest BCUT2D eigenvalue weighted by Gasteiger charge is -2.20. The SMILES string of the molecule is C=C/C=C(\C=C/CC)c1c2ccccc2c(-c2cccc3c(-c4ccncc4-c4ccncc4)cccc23)c2ccccc12. The molecule has 0 atom stereocenters. The van der Waals surface area contributed by atoms with Crippen molar-refractivity contribution in [2.75, 3.05) is 0 Å². The number of benzene rings is 5. The molecule has 2 heterocycles. The van der Waals surface area contributed by atoms with Gasteiger partial charge < -0.3 is 0 Å². The summed E-state index contributed by atoms with van der Waals surface area (Å²) in [6.45, 7) is 6.20. The smallest absolute Gasteiger partial charge is 0.0352 e. The maximum absolute atomic E-state index is 4.48. The fraction of sp³-hybridized carbons (Fsp3) is 0.0476. The molecule has 0 spiro atoms. The number of rotatable bonds is 7. The number of aromatic nitrogens is 2. The van der Waals surface area contributed by atoms with E-state index in [0.29, 0.717) is 0 Å². The van der Waals surface area contributed by atoms with E-state index in [-0.39, 0.29) is 0 Å². The fourth-order valence-corrected chi connectivity index (χ4v) is 6.48. The van der Waals surface area contributed by atoms with E-state index in [1.807, 2.05) is 43.0 Å². The molecule has 0 bridgehead atoms. The van der Waals surface area contributed by atoms with E-state index in [1.54, 1.807) is 0 Å². The van der Waals surface area contributed by atoms with Crippen molar-refractivity contribution in [3.63, 3.8) is 0 Å². The second-order valence-corrected chi connectivity index (χ2v) is 10.9. The summed E-state index contributed by atoms with van der Waals surface area (Å²) in [6.07, 6.45) is 16.9. The van der Waals surface area contributed by atoms with E-state index in [1.165, 1.54) is 60.1 Å². The first-order valence-electron chi connectivity index (χ1n) is 15.1. The Morgan fingerprint density at radius 1 is 0.591 bits per heavy atom. The summed E-state index contributed by atoms with van der Waals surface area (Å²) in [6, 6.07) is 37.2. The molecule has 0 fully saturated rings. The highest BCUT2D eigenvalue weighted by Crippen LogP contribution is 2.45. The average molecular weight is 565 g/mol. The van der Waals surface area contributed by atoms with Gasteiger partial charge in [-0.15, -0.1) is 0 Å². The second-order valence-electron chi connectivity index (χ2n) is 10.9. The molecule has 0 unspecified atom stereocenters. The highest BCUT2D eigenvalue weighted by molar-refractivity contribution is 6.22. The molecular weight excluding hydrogens is 532 g/mol. The Labute approximate surface area is 258 Å². The van der Waals surface area contributed by atoms with Gasteiger partial charge in [0.25, 0.3) is 0 Å². The first kappa shape index (κ1) is 27.2. The largest absolute Gasteiger partial charge is 0.265 e. The van der Waals surface area contributed by atoms with Crippen LogP contribution in [0.3, 0.4) is 0 Å². The molecule has 0 N–H and O–H groups in total. The summed E-state index contributed by atoms with van der Waals surface area (Å²) in [5.74, 6) is 0. The normalized spacial score (nSPS) is 12.0. The number of pyridine rings is 2. The van der Waals surface area contributed by atoms with Gasteiger partial charge in [0.15, 0.2) is 0 Å². The van der Waals surface area contributed by atoms with Crippen LogP contribution in [0, 0.1) is 0 Å². The highest BCUT2D eigenvalue weighted by atomic mass is 14.6. The van der Waals surface area contributed by atoms with Crippen LogP contribution in [0.2, 0.25) is 0 Å². The minimum atomic E-state index is 0.973. The molecular formula is C42H32N2. The summed E-state index contributed by atoms with van der Waals surface area (Å²) in [5, 5.41) is 7.37. The van der Waals surface area contributed by atoms with Crippen molar-refractivity contribution in [1.82, 2.24) is 9.97 Å². The minimum Gasteiger partial charge on any atom is -0.265 e. The van der Waals surface area contributed by atoms with Crippen LogP contribution in [-0.4, -0.2) is 9.97 Å². The Hall–Kier alpha value is -5.60. The van der Waals surface area contributed by atoms with Gasteiger partial charge >= 0.3 is 0 Å². The standard InChI is InChI=1S/C42H32N2/c1-3-5-13-30(12-4-2)41-36-14-6-8-16-38(36)42(39-17-9-7-15-37(39)41)35-21-11-19-31-32(18-10-20-33(31)35)34-24-27-44-28-40(34)29-22-25-43-26-23-29/h4-28H,2-3H2,1H3/b13-5-,30-12+. The fourth-order valence-electron chi connectivity index (χ4n) is 6.48. The van der Waals surface area contributed by atoms with Crippen LogP contribution in [0.15, 0.2) is 159 Å². The van der Waals surface area contributed by atoms with E-state index in [0.717, 1.165) is 23.1 Å². The van der Waals surface area contributed by atoms with Gasteiger partial charge in [-0.2, -0.15) is 0 Å². The van der Waals surface area contributed by atoms with Gasteiger partial charge in [0.05, 0.1) is 0 Å². The van der Waals surface area contributed by atoms with Gasteiger partial charge in [-0.25, -0.2) is 0 Å². The molecule has 0 saturated carbocycles. The molecule has 7 aromatic rings. The molecule has 0 radical (unpaired) electrons. The van der Waals surface area contributed by atoms with Crippen LogP contribution in [-0.2, 0) is 0 Å². The monoisotopic (exact) mass is 564 g/mol. The molecule has 2 nitrogen and oxygen atoms in total. The third kappa shape index (κ3) is 4.71. The number of allylic oxidation sites excluding steroid dienone is 5. The van der Waals surface area contributed by atoms with Crippen molar-refractivity contribution in [3.05, 3.63) is 164 Å². The third-order valence-electron chi connectivity index (χ3n) is 8.34. The lowest BCUT2D eigenvalue weighted by molar-refractivity contribution is 1.23. The van der Waals surface area contributed by atoms with Crippen molar-refractivity contribution < 1.29 is 0 Å². The quantitative estimate of drug-likeness (QED) is 0.142. The average Bonchev–Trinajstić information content (AvgIpc) is 3.09. The van der Waals surface area contributed by atoms with E-state index >= 15 is 0 Å². The molecule has 0 aliphatic rings. The molecule has 44 heavy (non-hydrogen) atoms. The number of nitrogens with zero attached hydrogens (tertiary/aromatic N) is 2. The molecule has 0 aliphatic carbocycles. The molecule has 0 saturated heterocycles. The molecule has 210 valence electrons. The summed E-state index contributed by atoms with van der Waals surface area (Å²) < 4.78 is 0. The predicted molar refractivity (Wildman–Crippen MR) is 188 cm³/mol. The summed E-state index contributed by atoms with van der Waals surface area (Å²) >= 11 is 0. The van der Waals surface area contributed by atoms with Crippen molar-refractivity contribution in [1.29, 1.82) is 0 Å². The highest BCUT2D eigenvalue weighted by Gasteiger charge is 2.19. The summed E-state index contributed by atoms with van der Waals surface area (Å²) in [7, 11) is 0. The van der Waals surface area contributed by atoms with E-state index in [4.69, 9.17) is 0 Å². The Morgan fingerprint density at radius 2 is 1.18 bits per heavy atom. The summed E-state index contributed by atoms with van der Waals surface area (Å²) in [4.78, 5) is 8.71. The lowest BCUT2D eigenvalue weighted by Crippen LogP contribution is -1.94. The maximum Gasteiger partial charge on any atom is 0.0352 e. The van der Waals surface area contributed by atoms with Crippen LogP contribution < -0.4 is 0 Å². The Bertz CT molecular complexity index is 2160. The summed E-state index contributed by atoms with van der Waals surface area (Å²) in [5.41, 5.74) is 9.42. The van der Waals surface area contributed by atoms with Gasteiger partial charge in [-0.1, -0.05) is 123 Å². The minimum absolute atomic E-state index is 0.973. The zero-order valence-electron chi connectivity index (χ0n) is 24.7. The van der Waals surface area contributed by atoms with Gasteiger partial charge in [0.2, 0.25) is 0 Å². The van der Waals surface area contributed by atoms with E-state index in [2.05, 4.69) is 133 Å². The first-order valence-corrected chi connectivity index (χ1v) is 15.1. The van der Waals surface area contributed by atoms with Crippen LogP contribution >= 0.6 is 0 Å². The molecule has 0 amide bonds. The molecule has 2 aromatic heterocycles. The van der Waals surface area contributed by atoms with Gasteiger partial charge in [-0.05, 0) is 95.9 Å². The first-order chi connectivity index (χ1) is 21.8. The number of hydrogen-bond acceptors (Lipinski definition) is 2. The van der Waals surface area contributed by atoms with Crippen molar-refractivity contribution in [3.8, 4) is 33.4 Å². The molecule has 7 rings (SSSR count). The molecule has 2 heteroatoms. The number of fused-ring (bicyclic) bond motifs is 3. The van der Waals surface area contributed by atoms with E-state index in [9.17, 15) is 0 Å². The molecule has 5 aromatic carbocycles. The lowest BCUT2D eigenvalue weighted by atomic mass is 9.83. The van der Waals surface area contributed by atoms with E-state index < -0.39 is 0 Å². The zero-order chi connectivity index (χ0) is 29.9. The van der Waals surface area contributed by atoms with Crippen LogP contribution in [0.25, 0.3) is 71.3 Å². The zero-order valence-corrected chi connectivity index (χ0v) is 24.7. The predicted octanol–water partition coefficient (Wildman–Crippen LogP) is 11.5. The Balaban J connectivity index is 1.55. The van der Waals surface area contributed by atoms with Crippen molar-refractivity contribution in [2.24, 2.45) is 0 Å². The van der Waals surface area contributed by atoms with Gasteiger partial charge in [0.1, 0.15) is 0 Å².